The molecule has 1 unspecified atom stereocenters. The minimum atomic E-state index is -0.598. The molecule has 1 nitrogen and oxygen atoms in total. The van der Waals surface area contributed by atoms with E-state index in [1.54, 1.807) is 0 Å². The summed E-state index contributed by atoms with van der Waals surface area (Å²) in [6.07, 6.45) is 3.28. The molecule has 98 valence electrons. The molecule has 0 heterocycles. The van der Waals surface area contributed by atoms with E-state index in [-0.39, 0.29) is 0 Å². The Labute approximate surface area is 118 Å². The first-order valence-electron chi connectivity index (χ1n) is 6.77. The van der Waals surface area contributed by atoms with Crippen molar-refractivity contribution in [1.29, 1.82) is 0 Å². The minimum absolute atomic E-state index is 0.598. The maximum absolute atomic E-state index is 10.5. The largest absolute Gasteiger partial charge is 0.384 e. The van der Waals surface area contributed by atoms with E-state index < -0.39 is 6.10 Å². The van der Waals surface area contributed by atoms with Gasteiger partial charge in [-0.25, -0.2) is 0 Å². The van der Waals surface area contributed by atoms with Gasteiger partial charge in [0.25, 0.3) is 0 Å². The fourth-order valence-electron chi connectivity index (χ4n) is 2.59. The van der Waals surface area contributed by atoms with Gasteiger partial charge in [0.2, 0.25) is 0 Å². The first-order chi connectivity index (χ1) is 9.24. The summed E-state index contributed by atoms with van der Waals surface area (Å²) in [5.74, 6) is 0.687. The van der Waals surface area contributed by atoms with Gasteiger partial charge >= 0.3 is 0 Å². The van der Waals surface area contributed by atoms with E-state index >= 15 is 0 Å². The predicted molar refractivity (Wildman–Crippen MR) is 78.5 cm³/mol. The van der Waals surface area contributed by atoms with Gasteiger partial charge in [0, 0.05) is 5.02 Å². The van der Waals surface area contributed by atoms with Crippen LogP contribution >= 0.6 is 11.6 Å². The highest BCUT2D eigenvalue weighted by atomic mass is 35.5. The van der Waals surface area contributed by atoms with Gasteiger partial charge < -0.3 is 5.11 Å². The molecule has 0 radical (unpaired) electrons. The lowest BCUT2D eigenvalue weighted by molar-refractivity contribution is 0.220. The predicted octanol–water partition coefficient (Wildman–Crippen LogP) is 4.69. The van der Waals surface area contributed by atoms with Gasteiger partial charge in [-0.3, -0.25) is 0 Å². The van der Waals surface area contributed by atoms with Crippen LogP contribution in [0.3, 0.4) is 0 Å². The topological polar surface area (TPSA) is 20.2 Å². The monoisotopic (exact) mass is 272 g/mol. The molecule has 0 amide bonds. The molecule has 3 rings (SSSR count). The lowest BCUT2D eigenvalue weighted by Crippen LogP contribution is -2.09. The van der Waals surface area contributed by atoms with E-state index in [9.17, 15) is 5.11 Å². The maximum Gasteiger partial charge on any atom is 0.104 e. The molecule has 19 heavy (non-hydrogen) atoms. The molecular formula is C17H17ClO. The zero-order valence-electron chi connectivity index (χ0n) is 10.7. The number of aliphatic hydroxyl groups excluding tert-OH is 1. The Morgan fingerprint density at radius 2 is 1.68 bits per heavy atom. The molecule has 1 saturated carbocycles. The van der Waals surface area contributed by atoms with Crippen LogP contribution in [0.25, 0.3) is 0 Å². The second-order valence-electron chi connectivity index (χ2n) is 5.26. The molecule has 1 aliphatic rings. The van der Waals surface area contributed by atoms with Crippen LogP contribution in [0, 0.1) is 0 Å². The Hall–Kier alpha value is -1.31. The van der Waals surface area contributed by atoms with Gasteiger partial charge in [-0.05, 0) is 47.6 Å². The van der Waals surface area contributed by atoms with E-state index in [0.717, 1.165) is 11.1 Å². The summed E-state index contributed by atoms with van der Waals surface area (Å²) in [4.78, 5) is 0. The third-order valence-electron chi connectivity index (χ3n) is 3.97. The van der Waals surface area contributed by atoms with E-state index in [4.69, 9.17) is 11.6 Å². The summed E-state index contributed by atoms with van der Waals surface area (Å²) in [5, 5.41) is 11.1. The second-order valence-corrected chi connectivity index (χ2v) is 5.69. The van der Waals surface area contributed by atoms with Crippen molar-refractivity contribution in [2.75, 3.05) is 0 Å². The van der Waals surface area contributed by atoms with Crippen LogP contribution in [0.15, 0.2) is 48.5 Å². The SMILES string of the molecule is OC(c1cccc(Cl)c1)c1cccc(C2CCC2)c1. The molecule has 1 fully saturated rings. The first kappa shape index (κ1) is 12.7. The third-order valence-corrected chi connectivity index (χ3v) is 4.20. The van der Waals surface area contributed by atoms with Crippen LogP contribution < -0.4 is 0 Å². The number of rotatable bonds is 3. The van der Waals surface area contributed by atoms with Crippen molar-refractivity contribution < 1.29 is 5.11 Å². The normalized spacial score (nSPS) is 16.9. The average molecular weight is 273 g/mol. The van der Waals surface area contributed by atoms with Crippen molar-refractivity contribution in [3.8, 4) is 0 Å². The number of hydrogen-bond donors (Lipinski definition) is 1. The summed E-state index contributed by atoms with van der Waals surface area (Å²) in [7, 11) is 0. The van der Waals surface area contributed by atoms with Crippen molar-refractivity contribution in [1.82, 2.24) is 0 Å². The Bertz CT molecular complexity index is 575. The van der Waals surface area contributed by atoms with E-state index in [1.165, 1.54) is 24.8 Å². The van der Waals surface area contributed by atoms with E-state index in [0.29, 0.717) is 10.9 Å². The molecule has 0 aliphatic heterocycles. The van der Waals surface area contributed by atoms with Crippen molar-refractivity contribution in [3.05, 3.63) is 70.2 Å². The van der Waals surface area contributed by atoms with E-state index in [2.05, 4.69) is 12.1 Å². The molecule has 1 N–H and O–H groups in total. The van der Waals surface area contributed by atoms with Gasteiger partial charge in [0.05, 0.1) is 0 Å². The summed E-state index contributed by atoms with van der Waals surface area (Å²) in [5.41, 5.74) is 3.15. The Balaban J connectivity index is 1.88. The third kappa shape index (κ3) is 2.68. The molecule has 1 aliphatic carbocycles. The number of aliphatic hydroxyl groups is 1. The lowest BCUT2D eigenvalue weighted by atomic mass is 9.79. The number of hydrogen-bond acceptors (Lipinski definition) is 1. The fourth-order valence-corrected chi connectivity index (χ4v) is 2.79. The van der Waals surface area contributed by atoms with Crippen LogP contribution in [0.1, 0.15) is 48.0 Å². The van der Waals surface area contributed by atoms with Crippen molar-refractivity contribution in [2.24, 2.45) is 0 Å². The molecule has 2 heteroatoms. The quantitative estimate of drug-likeness (QED) is 0.859. The van der Waals surface area contributed by atoms with Gasteiger partial charge in [0.15, 0.2) is 0 Å². The fraction of sp³-hybridized carbons (Fsp3) is 0.294. The molecular weight excluding hydrogens is 256 g/mol. The average Bonchev–Trinajstić information content (AvgIpc) is 2.36. The molecule has 0 bridgehead atoms. The zero-order valence-corrected chi connectivity index (χ0v) is 11.5. The number of halogens is 1. The van der Waals surface area contributed by atoms with Crippen LogP contribution in [0.4, 0.5) is 0 Å². The van der Waals surface area contributed by atoms with Crippen molar-refractivity contribution in [3.63, 3.8) is 0 Å². The van der Waals surface area contributed by atoms with Gasteiger partial charge in [-0.15, -0.1) is 0 Å². The van der Waals surface area contributed by atoms with Gasteiger partial charge in [0.1, 0.15) is 6.10 Å². The van der Waals surface area contributed by atoms with Gasteiger partial charge in [-0.1, -0.05) is 54.4 Å². The zero-order chi connectivity index (χ0) is 13.2. The van der Waals surface area contributed by atoms with Crippen LogP contribution in [0.2, 0.25) is 5.02 Å². The summed E-state index contributed by atoms with van der Waals surface area (Å²) in [6.45, 7) is 0. The molecule has 0 saturated heterocycles. The smallest absolute Gasteiger partial charge is 0.104 e. The minimum Gasteiger partial charge on any atom is -0.384 e. The molecule has 2 aromatic rings. The van der Waals surface area contributed by atoms with Gasteiger partial charge in [-0.2, -0.15) is 0 Å². The van der Waals surface area contributed by atoms with Crippen LogP contribution in [-0.4, -0.2) is 5.11 Å². The second kappa shape index (κ2) is 5.36. The molecule has 0 aromatic heterocycles. The Morgan fingerprint density at radius 1 is 1.00 bits per heavy atom. The van der Waals surface area contributed by atoms with Crippen LogP contribution in [0.5, 0.6) is 0 Å². The maximum atomic E-state index is 10.5. The summed E-state index contributed by atoms with van der Waals surface area (Å²) < 4.78 is 0. The first-order valence-corrected chi connectivity index (χ1v) is 7.15. The number of benzene rings is 2. The highest BCUT2D eigenvalue weighted by molar-refractivity contribution is 6.30. The Kier molecular flexibility index (Phi) is 3.58. The summed E-state index contributed by atoms with van der Waals surface area (Å²) in [6, 6.07) is 15.7. The standard InChI is InChI=1S/C17H17ClO/c18-16-9-3-8-15(11-16)17(19)14-7-2-6-13(10-14)12-4-1-5-12/h2-3,6-12,17,19H,1,4-5H2. The lowest BCUT2D eigenvalue weighted by Gasteiger charge is -2.26. The summed E-state index contributed by atoms with van der Waals surface area (Å²) >= 11 is 5.98. The van der Waals surface area contributed by atoms with E-state index in [1.807, 2.05) is 36.4 Å². The highest BCUT2D eigenvalue weighted by Gasteiger charge is 2.20. The molecule has 1 atom stereocenters. The highest BCUT2D eigenvalue weighted by Crippen LogP contribution is 2.37. The Morgan fingerprint density at radius 3 is 2.32 bits per heavy atom. The van der Waals surface area contributed by atoms with Crippen molar-refractivity contribution >= 4 is 11.6 Å². The van der Waals surface area contributed by atoms with Crippen molar-refractivity contribution in [2.45, 2.75) is 31.3 Å². The molecule has 0 spiro atoms. The van der Waals surface area contributed by atoms with Crippen LogP contribution in [-0.2, 0) is 0 Å². The molecule has 2 aromatic carbocycles.